The van der Waals surface area contributed by atoms with Gasteiger partial charge in [0.25, 0.3) is 0 Å². The number of carboxylic acids is 1. The van der Waals surface area contributed by atoms with Crippen LogP contribution in [0.3, 0.4) is 0 Å². The van der Waals surface area contributed by atoms with Crippen molar-refractivity contribution >= 4 is 11.5 Å². The molecular formula is C18H15NO2. The van der Waals surface area contributed by atoms with Gasteiger partial charge in [0.1, 0.15) is 6.07 Å². The van der Waals surface area contributed by atoms with Gasteiger partial charge < -0.3 is 5.11 Å². The Morgan fingerprint density at radius 1 is 1.00 bits per heavy atom. The lowest BCUT2D eigenvalue weighted by Gasteiger charge is -2.04. The molecule has 0 unspecified atom stereocenters. The summed E-state index contributed by atoms with van der Waals surface area (Å²) in [6, 6.07) is 19.6. The molecule has 0 aliphatic heterocycles. The number of hydrogen-bond acceptors (Lipinski definition) is 2. The Morgan fingerprint density at radius 2 is 1.57 bits per heavy atom. The highest BCUT2D eigenvalue weighted by Gasteiger charge is 2.03. The Hall–Kier alpha value is -2.86. The van der Waals surface area contributed by atoms with Gasteiger partial charge in [0.2, 0.25) is 0 Å². The Bertz CT molecular complexity index is 679. The van der Waals surface area contributed by atoms with Crippen molar-refractivity contribution in [3.8, 4) is 6.07 Å². The van der Waals surface area contributed by atoms with Gasteiger partial charge in [-0.25, -0.2) is 4.79 Å². The quantitative estimate of drug-likeness (QED) is 0.672. The van der Waals surface area contributed by atoms with Crippen LogP contribution in [-0.4, -0.2) is 11.1 Å². The van der Waals surface area contributed by atoms with Gasteiger partial charge in [-0.15, -0.1) is 0 Å². The minimum Gasteiger partial charge on any atom is -0.478 e. The van der Waals surface area contributed by atoms with Gasteiger partial charge in [-0.05, 0) is 29.5 Å². The standard InChI is InChI=1S/C18H15NO2/c19-13-17(12-18(20)21)16-10-8-15(9-11-16)7-6-14-4-2-1-3-5-14/h1-5,8-12H,6-7H2,(H,20,21). The van der Waals surface area contributed by atoms with Gasteiger partial charge in [0.15, 0.2) is 0 Å². The van der Waals surface area contributed by atoms with Crippen LogP contribution in [0.25, 0.3) is 5.57 Å². The van der Waals surface area contributed by atoms with Crippen molar-refractivity contribution < 1.29 is 9.90 Å². The molecule has 0 radical (unpaired) electrons. The number of nitrogens with zero attached hydrogens (tertiary/aromatic N) is 1. The number of aryl methyl sites for hydroxylation is 2. The monoisotopic (exact) mass is 277 g/mol. The van der Waals surface area contributed by atoms with Crippen LogP contribution in [0.4, 0.5) is 0 Å². The van der Waals surface area contributed by atoms with Crippen molar-refractivity contribution in [2.24, 2.45) is 0 Å². The molecular weight excluding hydrogens is 262 g/mol. The van der Waals surface area contributed by atoms with Gasteiger partial charge in [-0.3, -0.25) is 0 Å². The maximum Gasteiger partial charge on any atom is 0.329 e. The van der Waals surface area contributed by atoms with Crippen LogP contribution < -0.4 is 0 Å². The molecule has 1 N–H and O–H groups in total. The lowest BCUT2D eigenvalue weighted by atomic mass is 10.0. The number of carbonyl (C=O) groups is 1. The zero-order valence-corrected chi connectivity index (χ0v) is 11.5. The maximum atomic E-state index is 10.6. The Balaban J connectivity index is 2.06. The van der Waals surface area contributed by atoms with Crippen molar-refractivity contribution in [2.45, 2.75) is 12.8 Å². The van der Waals surface area contributed by atoms with E-state index in [1.807, 2.05) is 36.4 Å². The van der Waals surface area contributed by atoms with E-state index in [0.29, 0.717) is 5.56 Å². The topological polar surface area (TPSA) is 61.1 Å². The third-order valence-corrected chi connectivity index (χ3v) is 3.20. The Morgan fingerprint density at radius 3 is 2.10 bits per heavy atom. The number of nitriles is 1. The third-order valence-electron chi connectivity index (χ3n) is 3.20. The highest BCUT2D eigenvalue weighted by atomic mass is 16.4. The molecule has 0 amide bonds. The molecule has 0 spiro atoms. The second-order valence-corrected chi connectivity index (χ2v) is 4.69. The van der Waals surface area contributed by atoms with Crippen molar-refractivity contribution in [3.63, 3.8) is 0 Å². The van der Waals surface area contributed by atoms with E-state index in [1.54, 1.807) is 12.1 Å². The number of carboxylic acid groups (broad SMARTS) is 1. The number of hydrogen-bond donors (Lipinski definition) is 1. The van der Waals surface area contributed by atoms with Crippen molar-refractivity contribution in [3.05, 3.63) is 77.4 Å². The van der Waals surface area contributed by atoms with E-state index < -0.39 is 5.97 Å². The van der Waals surface area contributed by atoms with E-state index in [2.05, 4.69) is 12.1 Å². The van der Waals surface area contributed by atoms with E-state index in [0.717, 1.165) is 24.5 Å². The Kier molecular flexibility index (Phi) is 4.89. The van der Waals surface area contributed by atoms with Crippen LogP contribution in [0.15, 0.2) is 60.7 Å². The predicted octanol–water partition coefficient (Wildman–Crippen LogP) is 3.46. The van der Waals surface area contributed by atoms with Gasteiger partial charge in [-0.1, -0.05) is 54.6 Å². The smallest absolute Gasteiger partial charge is 0.329 e. The van der Waals surface area contributed by atoms with Crippen molar-refractivity contribution in [2.75, 3.05) is 0 Å². The molecule has 0 heterocycles. The lowest BCUT2D eigenvalue weighted by Crippen LogP contribution is -1.93. The lowest BCUT2D eigenvalue weighted by molar-refractivity contribution is -0.131. The number of rotatable bonds is 5. The fourth-order valence-electron chi connectivity index (χ4n) is 2.09. The molecule has 3 nitrogen and oxygen atoms in total. The molecule has 104 valence electrons. The summed E-state index contributed by atoms with van der Waals surface area (Å²) < 4.78 is 0. The number of benzene rings is 2. The van der Waals surface area contributed by atoms with Crippen LogP contribution in [0.2, 0.25) is 0 Å². The van der Waals surface area contributed by atoms with Crippen molar-refractivity contribution in [1.29, 1.82) is 5.26 Å². The molecule has 0 bridgehead atoms. The molecule has 2 aromatic rings. The first kappa shape index (κ1) is 14.5. The number of allylic oxidation sites excluding steroid dienone is 1. The van der Waals surface area contributed by atoms with Gasteiger partial charge in [-0.2, -0.15) is 5.26 Å². The van der Waals surface area contributed by atoms with Crippen LogP contribution in [0, 0.1) is 11.3 Å². The zero-order valence-electron chi connectivity index (χ0n) is 11.5. The highest BCUT2D eigenvalue weighted by molar-refractivity contribution is 5.94. The molecule has 2 aromatic carbocycles. The zero-order chi connectivity index (χ0) is 15.1. The van der Waals surface area contributed by atoms with Crippen molar-refractivity contribution in [1.82, 2.24) is 0 Å². The minimum atomic E-state index is -1.11. The minimum absolute atomic E-state index is 0.164. The van der Waals surface area contributed by atoms with E-state index >= 15 is 0 Å². The molecule has 0 atom stereocenters. The third kappa shape index (κ3) is 4.32. The first-order valence-electron chi connectivity index (χ1n) is 6.67. The van der Waals surface area contributed by atoms with Crippen LogP contribution >= 0.6 is 0 Å². The molecule has 21 heavy (non-hydrogen) atoms. The summed E-state index contributed by atoms with van der Waals surface area (Å²) in [4.78, 5) is 10.6. The fourth-order valence-corrected chi connectivity index (χ4v) is 2.09. The first-order valence-corrected chi connectivity index (χ1v) is 6.67. The molecule has 0 aliphatic rings. The van der Waals surface area contributed by atoms with E-state index in [-0.39, 0.29) is 5.57 Å². The normalized spacial score (nSPS) is 10.9. The summed E-state index contributed by atoms with van der Waals surface area (Å²) in [5, 5.41) is 17.7. The van der Waals surface area contributed by atoms with Crippen LogP contribution in [0.5, 0.6) is 0 Å². The largest absolute Gasteiger partial charge is 0.478 e. The second-order valence-electron chi connectivity index (χ2n) is 4.69. The predicted molar refractivity (Wildman–Crippen MR) is 81.5 cm³/mol. The summed E-state index contributed by atoms with van der Waals surface area (Å²) >= 11 is 0. The van der Waals surface area contributed by atoms with Gasteiger partial charge in [0.05, 0.1) is 5.57 Å². The molecule has 0 aromatic heterocycles. The van der Waals surface area contributed by atoms with E-state index in [9.17, 15) is 4.79 Å². The molecule has 2 rings (SSSR count). The summed E-state index contributed by atoms with van der Waals surface area (Å²) in [5.74, 6) is -1.11. The van der Waals surface area contributed by atoms with Gasteiger partial charge in [0, 0.05) is 6.08 Å². The SMILES string of the molecule is N#CC(=CC(=O)O)c1ccc(CCc2ccccc2)cc1. The Labute approximate surface area is 123 Å². The molecule has 0 aliphatic carbocycles. The number of aliphatic carboxylic acids is 1. The van der Waals surface area contributed by atoms with Crippen LogP contribution in [0.1, 0.15) is 16.7 Å². The average Bonchev–Trinajstić information content (AvgIpc) is 2.52. The second kappa shape index (κ2) is 7.06. The summed E-state index contributed by atoms with van der Waals surface area (Å²) in [6.07, 6.45) is 2.80. The fraction of sp³-hybridized carbons (Fsp3) is 0.111. The van der Waals surface area contributed by atoms with Gasteiger partial charge >= 0.3 is 5.97 Å². The van der Waals surface area contributed by atoms with E-state index in [1.165, 1.54) is 5.56 Å². The van der Waals surface area contributed by atoms with Crippen LogP contribution in [-0.2, 0) is 17.6 Å². The molecule has 0 fully saturated rings. The summed E-state index contributed by atoms with van der Waals surface area (Å²) in [7, 11) is 0. The first-order chi connectivity index (χ1) is 10.2. The maximum absolute atomic E-state index is 10.6. The molecule has 3 heteroatoms. The van der Waals surface area contributed by atoms with E-state index in [4.69, 9.17) is 10.4 Å². The summed E-state index contributed by atoms with van der Waals surface area (Å²) in [5.41, 5.74) is 3.24. The molecule has 0 saturated carbocycles. The highest BCUT2D eigenvalue weighted by Crippen LogP contribution is 2.15. The molecule has 0 saturated heterocycles. The summed E-state index contributed by atoms with van der Waals surface area (Å²) in [6.45, 7) is 0. The average molecular weight is 277 g/mol.